The van der Waals surface area contributed by atoms with Crippen molar-refractivity contribution in [2.45, 2.75) is 6.54 Å². The number of aromatic nitrogens is 3. The van der Waals surface area contributed by atoms with Crippen LogP contribution in [0, 0.1) is 0 Å². The fourth-order valence-electron chi connectivity index (χ4n) is 3.85. The Labute approximate surface area is 184 Å². The molecule has 2 aromatic carbocycles. The SMILES string of the molecule is O=C(Nc1ccc(O)cc1)c1n[nH]c2ccc(-c3cncc(CN4CCOCC4)c3)cc12. The third-order valence-electron chi connectivity index (χ3n) is 5.54. The summed E-state index contributed by atoms with van der Waals surface area (Å²) >= 11 is 0. The zero-order valence-corrected chi connectivity index (χ0v) is 17.4. The van der Waals surface area contributed by atoms with Crippen LogP contribution in [0.4, 0.5) is 5.69 Å². The van der Waals surface area contributed by atoms with Crippen molar-refractivity contribution in [3.63, 3.8) is 0 Å². The van der Waals surface area contributed by atoms with Crippen LogP contribution in [-0.4, -0.2) is 57.4 Å². The second-order valence-electron chi connectivity index (χ2n) is 7.80. The number of carbonyl (C=O) groups is 1. The molecule has 3 N–H and O–H groups in total. The van der Waals surface area contributed by atoms with Crippen LogP contribution in [-0.2, 0) is 11.3 Å². The molecule has 0 aliphatic carbocycles. The fourth-order valence-corrected chi connectivity index (χ4v) is 3.85. The van der Waals surface area contributed by atoms with Crippen molar-refractivity contribution in [1.29, 1.82) is 0 Å². The highest BCUT2D eigenvalue weighted by atomic mass is 16.5. The highest BCUT2D eigenvalue weighted by molar-refractivity contribution is 6.11. The summed E-state index contributed by atoms with van der Waals surface area (Å²) in [5.41, 5.74) is 4.77. The van der Waals surface area contributed by atoms with Crippen LogP contribution in [0.2, 0.25) is 0 Å². The van der Waals surface area contributed by atoms with Gasteiger partial charge in [-0.1, -0.05) is 6.07 Å². The van der Waals surface area contributed by atoms with E-state index >= 15 is 0 Å². The Morgan fingerprint density at radius 1 is 1.06 bits per heavy atom. The molecule has 0 bridgehead atoms. The molecular weight excluding hydrogens is 406 g/mol. The van der Waals surface area contributed by atoms with E-state index in [9.17, 15) is 9.90 Å². The molecule has 3 heterocycles. The first kappa shape index (κ1) is 20.2. The lowest BCUT2D eigenvalue weighted by molar-refractivity contribution is 0.0341. The molecular formula is C24H23N5O3. The van der Waals surface area contributed by atoms with Crippen LogP contribution in [0.5, 0.6) is 5.75 Å². The van der Waals surface area contributed by atoms with Gasteiger partial charge in [-0.05, 0) is 53.6 Å². The Morgan fingerprint density at radius 3 is 2.69 bits per heavy atom. The van der Waals surface area contributed by atoms with E-state index in [2.05, 4.69) is 31.5 Å². The summed E-state index contributed by atoms with van der Waals surface area (Å²) in [7, 11) is 0. The van der Waals surface area contributed by atoms with Gasteiger partial charge >= 0.3 is 0 Å². The molecule has 0 unspecified atom stereocenters. The molecule has 0 spiro atoms. The van der Waals surface area contributed by atoms with Crippen molar-refractivity contribution in [2.75, 3.05) is 31.6 Å². The number of aromatic amines is 1. The Hall–Kier alpha value is -3.75. The summed E-state index contributed by atoms with van der Waals surface area (Å²) in [6.45, 7) is 4.20. The number of hydrogen-bond acceptors (Lipinski definition) is 6. The number of aromatic hydroxyl groups is 1. The summed E-state index contributed by atoms with van der Waals surface area (Å²) in [6.07, 6.45) is 3.73. The summed E-state index contributed by atoms with van der Waals surface area (Å²) in [5, 5.41) is 20.1. The number of nitrogens with one attached hydrogen (secondary N) is 2. The number of benzene rings is 2. The number of fused-ring (bicyclic) bond motifs is 1. The minimum absolute atomic E-state index is 0.141. The largest absolute Gasteiger partial charge is 0.508 e. The standard InChI is InChI=1S/C24H23N5O3/c30-20-4-2-19(3-5-20)26-24(31)23-21-12-17(1-6-22(21)27-28-23)18-11-16(13-25-14-18)15-29-7-9-32-10-8-29/h1-6,11-14,30H,7-10,15H2,(H,26,31)(H,27,28). The maximum absolute atomic E-state index is 12.8. The Balaban J connectivity index is 1.40. The van der Waals surface area contributed by atoms with Crippen LogP contribution < -0.4 is 5.32 Å². The van der Waals surface area contributed by atoms with Gasteiger partial charge in [0.15, 0.2) is 5.69 Å². The monoisotopic (exact) mass is 429 g/mol. The molecule has 2 aromatic heterocycles. The smallest absolute Gasteiger partial charge is 0.276 e. The molecule has 1 aliphatic rings. The van der Waals surface area contributed by atoms with E-state index in [0.717, 1.165) is 60.4 Å². The van der Waals surface area contributed by atoms with E-state index in [0.29, 0.717) is 11.4 Å². The van der Waals surface area contributed by atoms with Crippen LogP contribution in [0.25, 0.3) is 22.0 Å². The van der Waals surface area contributed by atoms with Gasteiger partial charge in [-0.3, -0.25) is 19.8 Å². The first-order chi connectivity index (χ1) is 15.7. The first-order valence-corrected chi connectivity index (χ1v) is 10.5. The quantitative estimate of drug-likeness (QED) is 0.420. The number of phenolic OH excluding ortho intramolecular Hbond substituents is 1. The fraction of sp³-hybridized carbons (Fsp3) is 0.208. The minimum atomic E-state index is -0.321. The van der Waals surface area contributed by atoms with Crippen LogP contribution >= 0.6 is 0 Å². The number of phenols is 1. The predicted molar refractivity (Wildman–Crippen MR) is 121 cm³/mol. The number of morpholine rings is 1. The lowest BCUT2D eigenvalue weighted by Crippen LogP contribution is -2.35. The van der Waals surface area contributed by atoms with E-state index in [1.807, 2.05) is 30.6 Å². The second-order valence-corrected chi connectivity index (χ2v) is 7.80. The summed E-state index contributed by atoms with van der Waals surface area (Å²) in [4.78, 5) is 19.6. The highest BCUT2D eigenvalue weighted by Crippen LogP contribution is 2.26. The average molecular weight is 429 g/mol. The van der Waals surface area contributed by atoms with Crippen LogP contribution in [0.3, 0.4) is 0 Å². The van der Waals surface area contributed by atoms with E-state index in [-0.39, 0.29) is 11.7 Å². The van der Waals surface area contributed by atoms with Crippen molar-refractivity contribution in [3.05, 3.63) is 72.2 Å². The average Bonchev–Trinajstić information content (AvgIpc) is 3.25. The number of amides is 1. The van der Waals surface area contributed by atoms with Crippen molar-refractivity contribution < 1.29 is 14.6 Å². The predicted octanol–water partition coefficient (Wildman–Crippen LogP) is 3.42. The molecule has 8 heteroatoms. The number of rotatable bonds is 5. The molecule has 0 atom stereocenters. The summed E-state index contributed by atoms with van der Waals surface area (Å²) in [6, 6.07) is 14.3. The number of hydrogen-bond donors (Lipinski definition) is 3. The lowest BCUT2D eigenvalue weighted by atomic mass is 10.0. The summed E-state index contributed by atoms with van der Waals surface area (Å²) < 4.78 is 5.43. The Bertz CT molecular complexity index is 1250. The van der Waals surface area contributed by atoms with Gasteiger partial charge in [0, 0.05) is 48.7 Å². The van der Waals surface area contributed by atoms with Crippen molar-refractivity contribution >= 4 is 22.5 Å². The van der Waals surface area contributed by atoms with Gasteiger partial charge in [0.1, 0.15) is 5.75 Å². The summed E-state index contributed by atoms with van der Waals surface area (Å²) in [5.74, 6) is -0.180. The number of anilines is 1. The number of pyridine rings is 1. The third kappa shape index (κ3) is 4.32. The molecule has 32 heavy (non-hydrogen) atoms. The molecule has 8 nitrogen and oxygen atoms in total. The molecule has 4 aromatic rings. The van der Waals surface area contributed by atoms with Gasteiger partial charge in [0.05, 0.1) is 18.7 Å². The van der Waals surface area contributed by atoms with Crippen LogP contribution in [0.15, 0.2) is 60.9 Å². The van der Waals surface area contributed by atoms with E-state index in [4.69, 9.17) is 4.74 Å². The molecule has 0 saturated carbocycles. The Kier molecular flexibility index (Phi) is 5.53. The molecule has 1 amide bonds. The zero-order chi connectivity index (χ0) is 21.9. The first-order valence-electron chi connectivity index (χ1n) is 10.5. The lowest BCUT2D eigenvalue weighted by Gasteiger charge is -2.26. The van der Waals surface area contributed by atoms with Crippen molar-refractivity contribution in [1.82, 2.24) is 20.1 Å². The molecule has 0 radical (unpaired) electrons. The van der Waals surface area contributed by atoms with Gasteiger partial charge < -0.3 is 15.2 Å². The van der Waals surface area contributed by atoms with Crippen molar-refractivity contribution in [3.8, 4) is 16.9 Å². The van der Waals surface area contributed by atoms with Gasteiger partial charge in [0.25, 0.3) is 5.91 Å². The molecule has 1 fully saturated rings. The Morgan fingerprint density at radius 2 is 1.88 bits per heavy atom. The number of H-pyrrole nitrogens is 1. The molecule has 1 saturated heterocycles. The molecule has 162 valence electrons. The van der Waals surface area contributed by atoms with Gasteiger partial charge in [-0.2, -0.15) is 5.10 Å². The van der Waals surface area contributed by atoms with E-state index in [1.54, 1.807) is 12.1 Å². The number of ether oxygens (including phenoxy) is 1. The minimum Gasteiger partial charge on any atom is -0.508 e. The topological polar surface area (TPSA) is 103 Å². The second kappa shape index (κ2) is 8.78. The maximum Gasteiger partial charge on any atom is 0.276 e. The third-order valence-corrected chi connectivity index (χ3v) is 5.54. The van der Waals surface area contributed by atoms with Gasteiger partial charge in [-0.25, -0.2) is 0 Å². The zero-order valence-electron chi connectivity index (χ0n) is 17.4. The molecule has 5 rings (SSSR count). The highest BCUT2D eigenvalue weighted by Gasteiger charge is 2.16. The number of nitrogens with zero attached hydrogens (tertiary/aromatic N) is 3. The number of carbonyl (C=O) groups excluding carboxylic acids is 1. The maximum atomic E-state index is 12.8. The van der Waals surface area contributed by atoms with Gasteiger partial charge in [0.2, 0.25) is 0 Å². The normalized spacial score (nSPS) is 14.5. The van der Waals surface area contributed by atoms with E-state index in [1.165, 1.54) is 12.1 Å². The van der Waals surface area contributed by atoms with E-state index < -0.39 is 0 Å². The van der Waals surface area contributed by atoms with Gasteiger partial charge in [-0.15, -0.1) is 0 Å². The van der Waals surface area contributed by atoms with Crippen molar-refractivity contribution in [2.24, 2.45) is 0 Å². The molecule has 1 aliphatic heterocycles. The van der Waals surface area contributed by atoms with Crippen LogP contribution in [0.1, 0.15) is 16.1 Å².